The van der Waals surface area contributed by atoms with Gasteiger partial charge in [0.2, 0.25) is 5.91 Å². The fraction of sp³-hybridized carbons (Fsp3) is 0.722. The molecule has 0 bridgehead atoms. The van der Waals surface area contributed by atoms with Crippen molar-refractivity contribution in [3.8, 4) is 0 Å². The maximum absolute atomic E-state index is 12.2. The Hall–Kier alpha value is -1.36. The summed E-state index contributed by atoms with van der Waals surface area (Å²) in [5, 5.41) is -0.457. The zero-order valence-electron chi connectivity index (χ0n) is 15.4. The van der Waals surface area contributed by atoms with E-state index in [0.717, 1.165) is 43.3 Å². The Bertz CT molecular complexity index is 568. The Morgan fingerprint density at radius 2 is 1.96 bits per heavy atom. The van der Waals surface area contributed by atoms with Crippen LogP contribution in [-0.2, 0) is 4.79 Å². The Morgan fingerprint density at radius 1 is 1.33 bits per heavy atom. The summed E-state index contributed by atoms with van der Waals surface area (Å²) in [6.45, 7) is 12.5. The molecule has 134 valence electrons. The number of rotatable bonds is 5. The molecule has 0 saturated carbocycles. The van der Waals surface area contributed by atoms with Crippen LogP contribution in [0.1, 0.15) is 58.0 Å². The summed E-state index contributed by atoms with van der Waals surface area (Å²) < 4.78 is 0. The van der Waals surface area contributed by atoms with E-state index < -0.39 is 5.38 Å². The third-order valence-corrected chi connectivity index (χ3v) is 4.75. The van der Waals surface area contributed by atoms with E-state index in [9.17, 15) is 4.79 Å². The number of alkyl halides is 1. The van der Waals surface area contributed by atoms with Gasteiger partial charge in [-0.15, -0.1) is 11.6 Å². The summed E-state index contributed by atoms with van der Waals surface area (Å²) in [4.78, 5) is 25.7. The van der Waals surface area contributed by atoms with E-state index in [1.165, 1.54) is 0 Å². The Balaban J connectivity index is 2.06. The second-order valence-corrected chi connectivity index (χ2v) is 7.49. The van der Waals surface area contributed by atoms with Gasteiger partial charge in [-0.25, -0.2) is 9.97 Å². The molecule has 24 heavy (non-hydrogen) atoms. The zero-order valence-corrected chi connectivity index (χ0v) is 16.2. The van der Waals surface area contributed by atoms with E-state index in [4.69, 9.17) is 16.6 Å². The molecule has 1 aromatic rings. The summed E-state index contributed by atoms with van der Waals surface area (Å²) in [5.74, 6) is 2.26. The zero-order chi connectivity index (χ0) is 17.9. The minimum atomic E-state index is -0.457. The first-order valence-electron chi connectivity index (χ1n) is 8.88. The molecule has 1 saturated heterocycles. The second-order valence-electron chi connectivity index (χ2n) is 6.84. The summed E-state index contributed by atoms with van der Waals surface area (Å²) in [7, 11) is 0. The average Bonchev–Trinajstić information content (AvgIpc) is 2.55. The molecule has 1 fully saturated rings. The van der Waals surface area contributed by atoms with Crippen LogP contribution in [0.4, 0.5) is 5.82 Å². The average molecular weight is 353 g/mol. The summed E-state index contributed by atoms with van der Waals surface area (Å²) in [5.41, 5.74) is 1.01. The molecule has 1 unspecified atom stereocenters. The van der Waals surface area contributed by atoms with Crippen LogP contribution in [0.15, 0.2) is 6.07 Å². The van der Waals surface area contributed by atoms with Crippen LogP contribution in [0.3, 0.4) is 0 Å². The molecule has 0 aromatic carbocycles. The first-order chi connectivity index (χ1) is 11.3. The van der Waals surface area contributed by atoms with Crippen LogP contribution in [0.5, 0.6) is 0 Å². The van der Waals surface area contributed by atoms with Crippen molar-refractivity contribution < 1.29 is 4.79 Å². The van der Waals surface area contributed by atoms with Gasteiger partial charge in [0.05, 0.1) is 0 Å². The van der Waals surface area contributed by atoms with Gasteiger partial charge in [-0.05, 0) is 33.6 Å². The van der Waals surface area contributed by atoms with E-state index in [2.05, 4.69) is 29.8 Å². The molecule has 0 aliphatic carbocycles. The minimum absolute atomic E-state index is 0.0394. The number of nitrogens with zero attached hydrogens (tertiary/aromatic N) is 4. The maximum atomic E-state index is 12.2. The number of amides is 1. The predicted octanol–water partition coefficient (Wildman–Crippen LogP) is 3.35. The van der Waals surface area contributed by atoms with Crippen LogP contribution in [0.25, 0.3) is 0 Å². The van der Waals surface area contributed by atoms with Crippen LogP contribution in [-0.4, -0.2) is 51.8 Å². The lowest BCUT2D eigenvalue weighted by molar-refractivity contribution is -0.133. The van der Waals surface area contributed by atoms with Gasteiger partial charge in [0.1, 0.15) is 17.0 Å². The molecule has 6 heteroatoms. The monoisotopic (exact) mass is 352 g/mol. The molecule has 1 aromatic heterocycles. The maximum Gasteiger partial charge on any atom is 0.240 e. The molecule has 1 aliphatic rings. The van der Waals surface area contributed by atoms with Crippen LogP contribution >= 0.6 is 11.6 Å². The molecule has 0 N–H and O–H groups in total. The van der Waals surface area contributed by atoms with E-state index in [1.807, 2.05) is 18.7 Å². The van der Waals surface area contributed by atoms with Crippen molar-refractivity contribution in [2.45, 2.75) is 64.8 Å². The number of hydrogen-bond donors (Lipinski definition) is 0. The number of carbonyl (C=O) groups excluding carboxylic acids is 1. The smallest absolute Gasteiger partial charge is 0.240 e. The van der Waals surface area contributed by atoms with Gasteiger partial charge in [-0.2, -0.15) is 0 Å². The normalized spacial score (nSPS) is 17.2. The highest BCUT2D eigenvalue weighted by Crippen LogP contribution is 2.24. The molecule has 2 heterocycles. The number of piperidine rings is 1. The summed E-state index contributed by atoms with van der Waals surface area (Å²) >= 11 is 5.99. The predicted molar refractivity (Wildman–Crippen MR) is 98.8 cm³/mol. The first kappa shape index (κ1) is 19.0. The molecular formula is C18H29ClN4O. The fourth-order valence-corrected chi connectivity index (χ4v) is 3.35. The van der Waals surface area contributed by atoms with Crippen molar-refractivity contribution in [1.82, 2.24) is 14.9 Å². The number of aromatic nitrogens is 2. The highest BCUT2D eigenvalue weighted by molar-refractivity contribution is 6.30. The standard InChI is InChI=1S/C18H29ClN4O/c1-6-23(18(24)14(5)19)15-7-9-22(10-8-15)16-11-13(4)20-17(21-16)12(2)3/h11-12,14-15H,6-10H2,1-5H3. The van der Waals surface area contributed by atoms with Crippen LogP contribution < -0.4 is 4.90 Å². The van der Waals surface area contributed by atoms with Crippen molar-refractivity contribution in [2.24, 2.45) is 0 Å². The van der Waals surface area contributed by atoms with Gasteiger partial charge < -0.3 is 9.80 Å². The number of halogens is 1. The van der Waals surface area contributed by atoms with Crippen molar-refractivity contribution in [3.63, 3.8) is 0 Å². The van der Waals surface area contributed by atoms with E-state index in [-0.39, 0.29) is 11.9 Å². The Labute approximate surface area is 150 Å². The van der Waals surface area contributed by atoms with Gasteiger partial charge in [0, 0.05) is 43.4 Å². The molecule has 1 amide bonds. The van der Waals surface area contributed by atoms with Crippen molar-refractivity contribution >= 4 is 23.3 Å². The topological polar surface area (TPSA) is 49.3 Å². The van der Waals surface area contributed by atoms with Gasteiger partial charge in [-0.3, -0.25) is 4.79 Å². The largest absolute Gasteiger partial charge is 0.356 e. The molecule has 5 nitrogen and oxygen atoms in total. The van der Waals surface area contributed by atoms with Gasteiger partial charge >= 0.3 is 0 Å². The Kier molecular flexibility index (Phi) is 6.44. The number of hydrogen-bond acceptors (Lipinski definition) is 4. The van der Waals surface area contributed by atoms with Crippen molar-refractivity contribution in [1.29, 1.82) is 0 Å². The van der Waals surface area contributed by atoms with Crippen molar-refractivity contribution in [2.75, 3.05) is 24.5 Å². The van der Waals surface area contributed by atoms with Gasteiger partial charge in [0.15, 0.2) is 0 Å². The summed E-state index contributed by atoms with van der Waals surface area (Å²) in [6, 6.07) is 2.32. The molecular weight excluding hydrogens is 324 g/mol. The fourth-order valence-electron chi connectivity index (χ4n) is 3.22. The quantitative estimate of drug-likeness (QED) is 0.762. The second kappa shape index (κ2) is 8.15. The summed E-state index contributed by atoms with van der Waals surface area (Å²) in [6.07, 6.45) is 1.90. The van der Waals surface area contributed by atoms with E-state index in [1.54, 1.807) is 6.92 Å². The van der Waals surface area contributed by atoms with E-state index >= 15 is 0 Å². The third-order valence-electron chi connectivity index (χ3n) is 4.57. The van der Waals surface area contributed by atoms with Gasteiger partial charge in [-0.1, -0.05) is 13.8 Å². The molecule has 2 rings (SSSR count). The Morgan fingerprint density at radius 3 is 2.46 bits per heavy atom. The lowest BCUT2D eigenvalue weighted by Gasteiger charge is -2.39. The first-order valence-corrected chi connectivity index (χ1v) is 9.32. The highest BCUT2D eigenvalue weighted by Gasteiger charge is 2.29. The SMILES string of the molecule is CCN(C(=O)C(C)Cl)C1CCN(c2cc(C)nc(C(C)C)n2)CC1. The third kappa shape index (κ3) is 4.38. The minimum Gasteiger partial charge on any atom is -0.356 e. The van der Waals surface area contributed by atoms with E-state index in [0.29, 0.717) is 12.5 Å². The number of aryl methyl sites for hydroxylation is 1. The molecule has 1 aliphatic heterocycles. The molecule has 0 radical (unpaired) electrons. The van der Waals surface area contributed by atoms with Crippen LogP contribution in [0.2, 0.25) is 0 Å². The lowest BCUT2D eigenvalue weighted by atomic mass is 10.0. The lowest BCUT2D eigenvalue weighted by Crippen LogP contribution is -2.49. The van der Waals surface area contributed by atoms with Gasteiger partial charge in [0.25, 0.3) is 0 Å². The molecule has 1 atom stereocenters. The molecule has 0 spiro atoms. The number of anilines is 1. The van der Waals surface area contributed by atoms with Crippen molar-refractivity contribution in [3.05, 3.63) is 17.6 Å². The highest BCUT2D eigenvalue weighted by atomic mass is 35.5. The van der Waals surface area contributed by atoms with Crippen LogP contribution in [0, 0.1) is 6.92 Å². The number of carbonyl (C=O) groups is 1.